The molecule has 0 saturated carbocycles. The van der Waals surface area contributed by atoms with Crippen LogP contribution in [0.15, 0.2) is 48.5 Å². The van der Waals surface area contributed by atoms with Gasteiger partial charge >= 0.3 is 6.55 Å². The van der Waals surface area contributed by atoms with Crippen molar-refractivity contribution in [3.8, 4) is 22.5 Å². The zero-order valence-corrected chi connectivity index (χ0v) is 17.1. The van der Waals surface area contributed by atoms with Crippen molar-refractivity contribution >= 4 is 17.7 Å². The zero-order valence-electron chi connectivity index (χ0n) is 17.1. The maximum absolute atomic E-state index is 15.5. The second kappa shape index (κ2) is 7.88. The minimum Gasteiger partial charge on any atom is -0.322 e. The number of halogens is 3. The molecule has 1 aromatic heterocycles. The number of rotatable bonds is 4. The van der Waals surface area contributed by atoms with E-state index in [1.807, 2.05) is 0 Å². The minimum absolute atomic E-state index is 0.00126. The molecule has 33 heavy (non-hydrogen) atoms. The average Bonchev–Trinajstić information content (AvgIpc) is 3.38. The van der Waals surface area contributed by atoms with Gasteiger partial charge in [-0.1, -0.05) is 30.3 Å². The van der Waals surface area contributed by atoms with Crippen LogP contribution in [0.4, 0.5) is 13.2 Å². The van der Waals surface area contributed by atoms with Gasteiger partial charge in [0.1, 0.15) is 11.9 Å². The highest BCUT2D eigenvalue weighted by atomic mass is 19.3. The van der Waals surface area contributed by atoms with E-state index in [1.54, 1.807) is 30.3 Å². The summed E-state index contributed by atoms with van der Waals surface area (Å²) in [5.41, 5.74) is 0.760. The number of hydrogen-bond donors (Lipinski definition) is 1. The SMILES string of the molecule is O=C1CCC(N2Cc3c(ccc(-c4cc(-c5ccccc5)n(C(F)F)n4)c3F)C2=O)C(=O)N1. The van der Waals surface area contributed by atoms with Crippen LogP contribution in [0.5, 0.6) is 0 Å². The average molecular weight is 454 g/mol. The third kappa shape index (κ3) is 3.47. The maximum Gasteiger partial charge on any atom is 0.333 e. The monoisotopic (exact) mass is 454 g/mol. The Balaban J connectivity index is 1.52. The number of alkyl halides is 2. The molecule has 1 N–H and O–H groups in total. The maximum atomic E-state index is 15.5. The van der Waals surface area contributed by atoms with Crippen LogP contribution in [0.1, 0.15) is 35.3 Å². The van der Waals surface area contributed by atoms with Gasteiger partial charge in [0.25, 0.3) is 5.91 Å². The standard InChI is InChI=1S/C23H17F3N4O3/c24-20-14(16-10-18(30(28-16)23(25)26)12-4-2-1-3-5-12)7-6-13-15(20)11-29(22(13)33)17-8-9-19(31)27-21(17)32/h1-7,10,17,23H,8-9,11H2,(H,27,31,32). The highest BCUT2D eigenvalue weighted by molar-refractivity contribution is 6.05. The summed E-state index contributed by atoms with van der Waals surface area (Å²) < 4.78 is 43.3. The Bertz CT molecular complexity index is 1290. The number of nitrogens with one attached hydrogen (secondary N) is 1. The van der Waals surface area contributed by atoms with E-state index in [0.29, 0.717) is 10.2 Å². The van der Waals surface area contributed by atoms with Gasteiger partial charge in [-0.05, 0) is 24.6 Å². The van der Waals surface area contributed by atoms with Crippen LogP contribution in [0, 0.1) is 5.82 Å². The Morgan fingerprint density at radius 3 is 2.45 bits per heavy atom. The van der Waals surface area contributed by atoms with Gasteiger partial charge in [-0.15, -0.1) is 0 Å². The Morgan fingerprint density at radius 2 is 1.76 bits per heavy atom. The molecule has 5 rings (SSSR count). The number of fused-ring (bicyclic) bond motifs is 1. The first-order valence-electron chi connectivity index (χ1n) is 10.2. The molecule has 2 aliphatic rings. The van der Waals surface area contributed by atoms with Crippen molar-refractivity contribution in [2.45, 2.75) is 32.0 Å². The molecule has 3 amide bonds. The molecule has 1 atom stereocenters. The summed E-state index contributed by atoms with van der Waals surface area (Å²) in [4.78, 5) is 37.7. The lowest BCUT2D eigenvalue weighted by molar-refractivity contribution is -0.136. The molecule has 1 fully saturated rings. The first-order chi connectivity index (χ1) is 15.8. The number of carbonyl (C=O) groups is 3. The van der Waals surface area contributed by atoms with Crippen LogP contribution in [-0.2, 0) is 16.1 Å². The van der Waals surface area contributed by atoms with E-state index in [-0.39, 0.29) is 47.5 Å². The molecular formula is C23H17F3N4O3. The Morgan fingerprint density at radius 1 is 1.03 bits per heavy atom. The number of hydrogen-bond acceptors (Lipinski definition) is 4. The van der Waals surface area contributed by atoms with E-state index in [1.165, 1.54) is 23.1 Å². The molecule has 2 aliphatic heterocycles. The number of piperidine rings is 1. The second-order valence-electron chi connectivity index (χ2n) is 7.86. The van der Waals surface area contributed by atoms with E-state index >= 15 is 4.39 Å². The second-order valence-corrected chi connectivity index (χ2v) is 7.86. The molecule has 3 aromatic rings. The largest absolute Gasteiger partial charge is 0.333 e. The van der Waals surface area contributed by atoms with Crippen LogP contribution in [0.2, 0.25) is 0 Å². The van der Waals surface area contributed by atoms with E-state index < -0.39 is 36.1 Å². The molecule has 2 aromatic carbocycles. The molecule has 10 heteroatoms. The van der Waals surface area contributed by atoms with E-state index in [4.69, 9.17) is 0 Å². The Hall–Kier alpha value is -3.95. The molecule has 0 radical (unpaired) electrons. The normalized spacial score (nSPS) is 18.1. The smallest absolute Gasteiger partial charge is 0.322 e. The molecule has 0 aliphatic carbocycles. The fourth-order valence-electron chi connectivity index (χ4n) is 4.30. The summed E-state index contributed by atoms with van der Waals surface area (Å²) in [5.74, 6) is -2.30. The van der Waals surface area contributed by atoms with Crippen LogP contribution < -0.4 is 5.32 Å². The fraction of sp³-hybridized carbons (Fsp3) is 0.217. The predicted molar refractivity (Wildman–Crippen MR) is 110 cm³/mol. The first kappa shape index (κ1) is 20.9. The summed E-state index contributed by atoms with van der Waals surface area (Å²) in [6, 6.07) is 11.7. The lowest BCUT2D eigenvalue weighted by Gasteiger charge is -2.29. The van der Waals surface area contributed by atoms with Crippen LogP contribution in [0.3, 0.4) is 0 Å². The Labute approximate surface area is 185 Å². The van der Waals surface area contributed by atoms with Gasteiger partial charge in [-0.3, -0.25) is 19.7 Å². The number of nitrogens with zero attached hydrogens (tertiary/aromatic N) is 3. The molecule has 0 bridgehead atoms. The number of carbonyl (C=O) groups excluding carboxylic acids is 3. The molecule has 168 valence electrons. The van der Waals surface area contributed by atoms with Crippen LogP contribution in [0.25, 0.3) is 22.5 Å². The van der Waals surface area contributed by atoms with E-state index in [2.05, 4.69) is 10.4 Å². The Kier molecular flexibility index (Phi) is 4.99. The van der Waals surface area contributed by atoms with Gasteiger partial charge in [0.15, 0.2) is 0 Å². The summed E-state index contributed by atoms with van der Waals surface area (Å²) in [6.45, 7) is -3.10. The van der Waals surface area contributed by atoms with Crippen molar-refractivity contribution in [1.29, 1.82) is 0 Å². The van der Waals surface area contributed by atoms with Crippen LogP contribution >= 0.6 is 0 Å². The summed E-state index contributed by atoms with van der Waals surface area (Å²) in [7, 11) is 0. The topological polar surface area (TPSA) is 84.3 Å². The molecule has 1 saturated heterocycles. The van der Waals surface area contributed by atoms with Gasteiger partial charge in [-0.2, -0.15) is 13.9 Å². The molecule has 0 spiro atoms. The summed E-state index contributed by atoms with van der Waals surface area (Å²) >= 11 is 0. The molecule has 1 unspecified atom stereocenters. The number of aromatic nitrogens is 2. The molecule has 7 nitrogen and oxygen atoms in total. The van der Waals surface area contributed by atoms with E-state index in [0.717, 1.165) is 0 Å². The van der Waals surface area contributed by atoms with Crippen molar-refractivity contribution in [3.63, 3.8) is 0 Å². The van der Waals surface area contributed by atoms with Gasteiger partial charge < -0.3 is 4.90 Å². The lowest BCUT2D eigenvalue weighted by atomic mass is 10.0. The molecular weight excluding hydrogens is 437 g/mol. The quantitative estimate of drug-likeness (QED) is 0.612. The minimum atomic E-state index is -2.93. The fourth-order valence-corrected chi connectivity index (χ4v) is 4.30. The number of benzene rings is 2. The van der Waals surface area contributed by atoms with Crippen molar-refractivity contribution in [3.05, 3.63) is 65.5 Å². The lowest BCUT2D eigenvalue weighted by Crippen LogP contribution is -2.52. The van der Waals surface area contributed by atoms with Gasteiger partial charge in [0, 0.05) is 28.7 Å². The van der Waals surface area contributed by atoms with Crippen molar-refractivity contribution in [2.24, 2.45) is 0 Å². The highest BCUT2D eigenvalue weighted by Gasteiger charge is 2.40. The van der Waals surface area contributed by atoms with Crippen molar-refractivity contribution in [2.75, 3.05) is 0 Å². The number of imide groups is 1. The van der Waals surface area contributed by atoms with Gasteiger partial charge in [-0.25, -0.2) is 9.07 Å². The van der Waals surface area contributed by atoms with Crippen molar-refractivity contribution < 1.29 is 27.6 Å². The van der Waals surface area contributed by atoms with Gasteiger partial charge in [0.2, 0.25) is 11.8 Å². The predicted octanol–water partition coefficient (Wildman–Crippen LogP) is 3.51. The first-order valence-corrected chi connectivity index (χ1v) is 10.2. The van der Waals surface area contributed by atoms with Gasteiger partial charge in [0.05, 0.1) is 17.9 Å². The third-order valence-electron chi connectivity index (χ3n) is 5.92. The van der Waals surface area contributed by atoms with Crippen molar-refractivity contribution in [1.82, 2.24) is 20.0 Å². The zero-order chi connectivity index (χ0) is 23.3. The van der Waals surface area contributed by atoms with E-state index in [9.17, 15) is 23.2 Å². The summed E-state index contributed by atoms with van der Waals surface area (Å²) in [6.07, 6.45) is 0.232. The van der Waals surface area contributed by atoms with Crippen LogP contribution in [-0.4, -0.2) is 38.4 Å². The highest BCUT2D eigenvalue weighted by Crippen LogP contribution is 2.36. The molecule has 3 heterocycles. The summed E-state index contributed by atoms with van der Waals surface area (Å²) in [5, 5.41) is 6.11. The third-order valence-corrected chi connectivity index (χ3v) is 5.92. The number of amides is 3.